The summed E-state index contributed by atoms with van der Waals surface area (Å²) in [7, 11) is 4.08. The van der Waals surface area contributed by atoms with E-state index in [4.69, 9.17) is 14.1 Å². The molecule has 0 aliphatic heterocycles. The smallest absolute Gasteiger partial charge is 0.268 e. The van der Waals surface area contributed by atoms with Gasteiger partial charge in [0, 0.05) is 31.4 Å². The summed E-state index contributed by atoms with van der Waals surface area (Å²) in [5, 5.41) is 8.32. The van der Waals surface area contributed by atoms with Crippen LogP contribution in [0.3, 0.4) is 0 Å². The Kier molecular flexibility index (Phi) is 6.28. The number of hydrogen-bond donors (Lipinski definition) is 0. The summed E-state index contributed by atoms with van der Waals surface area (Å²) in [5.74, 6) is 1.37. The second kappa shape index (κ2) is 9.44. The Morgan fingerprint density at radius 2 is 1.74 bits per heavy atom. The molecule has 3 heterocycles. The quantitative estimate of drug-likeness (QED) is 0.394. The second-order valence-corrected chi connectivity index (χ2v) is 7.36. The number of nitrogens with zero attached hydrogens (tertiary/aromatic N) is 6. The molecule has 0 atom stereocenters. The molecule has 0 saturated heterocycles. The van der Waals surface area contributed by atoms with E-state index in [0.717, 1.165) is 24.1 Å². The molecule has 8 nitrogen and oxygen atoms in total. The van der Waals surface area contributed by atoms with Gasteiger partial charge in [-0.05, 0) is 45.6 Å². The molecule has 160 valence electrons. The van der Waals surface area contributed by atoms with E-state index >= 15 is 0 Å². The van der Waals surface area contributed by atoms with Crippen LogP contribution in [0, 0.1) is 6.92 Å². The lowest BCUT2D eigenvalue weighted by Gasteiger charge is -2.10. The van der Waals surface area contributed by atoms with Gasteiger partial charge in [0.05, 0.1) is 24.2 Å². The van der Waals surface area contributed by atoms with E-state index in [2.05, 4.69) is 25.1 Å². The third kappa shape index (κ3) is 5.10. The zero-order valence-electron chi connectivity index (χ0n) is 17.8. The predicted octanol–water partition coefficient (Wildman–Crippen LogP) is 4.14. The van der Waals surface area contributed by atoms with E-state index in [9.17, 15) is 0 Å². The first kappa shape index (κ1) is 20.6. The van der Waals surface area contributed by atoms with Gasteiger partial charge in [0.25, 0.3) is 5.89 Å². The van der Waals surface area contributed by atoms with Crippen LogP contribution < -0.4 is 4.74 Å². The van der Waals surface area contributed by atoms with Crippen LogP contribution in [0.2, 0.25) is 0 Å². The molecule has 0 bridgehead atoms. The molecule has 0 unspecified atom stereocenters. The van der Waals surface area contributed by atoms with E-state index in [-0.39, 0.29) is 1.43 Å². The number of hydrogen-bond acceptors (Lipinski definition) is 8. The average molecular weight is 419 g/mol. The number of ether oxygens (including phenoxy) is 1. The molecule has 3 aromatic heterocycles. The summed E-state index contributed by atoms with van der Waals surface area (Å²) in [4.78, 5) is 15.7. The van der Waals surface area contributed by atoms with Crippen LogP contribution in [-0.4, -0.2) is 57.3 Å². The molecule has 0 fully saturated rings. The predicted molar refractivity (Wildman–Crippen MR) is 120 cm³/mol. The molecule has 8 heteroatoms. The van der Waals surface area contributed by atoms with Crippen molar-refractivity contribution in [2.24, 2.45) is 0 Å². The van der Waals surface area contributed by atoms with Crippen LogP contribution in [0.1, 0.15) is 13.5 Å². The van der Waals surface area contributed by atoms with Crippen LogP contribution in [-0.2, 0) is 0 Å². The summed E-state index contributed by atoms with van der Waals surface area (Å²) in [6, 6.07) is 13.4. The number of rotatable bonds is 8. The Labute approximate surface area is 182 Å². The topological polar surface area (TPSA) is 90.1 Å². The maximum atomic E-state index is 5.85. The minimum Gasteiger partial charge on any atom is -0.478 e. The molecular formula is C23H26N6O2. The van der Waals surface area contributed by atoms with Gasteiger partial charge >= 0.3 is 0 Å². The van der Waals surface area contributed by atoms with E-state index in [1.54, 1.807) is 12.4 Å². The fourth-order valence-electron chi connectivity index (χ4n) is 2.98. The molecule has 0 saturated carbocycles. The standard InChI is InChI=1S/C23H24N6O2.H2/c1-16-21(23-28-27-22(31-23)17-8-5-4-6-9-17)26-19(15-24-16)18-10-11-20(25-14-18)30-13-7-12-29(2)3;/h4-6,8-11,14-15H,7,12-13H2,1-3H3;1H. The monoisotopic (exact) mass is 418 g/mol. The van der Waals surface area contributed by atoms with Gasteiger partial charge in [0.1, 0.15) is 5.69 Å². The second-order valence-electron chi connectivity index (χ2n) is 7.36. The number of aromatic nitrogens is 5. The first-order valence-electron chi connectivity index (χ1n) is 10.1. The van der Waals surface area contributed by atoms with E-state index in [0.29, 0.717) is 41.4 Å². The summed E-state index contributed by atoms with van der Waals surface area (Å²) >= 11 is 0. The van der Waals surface area contributed by atoms with Crippen molar-refractivity contribution in [3.05, 3.63) is 60.6 Å². The molecule has 0 radical (unpaired) electrons. The Hall–Kier alpha value is -3.65. The molecule has 0 aliphatic rings. The van der Waals surface area contributed by atoms with Crippen LogP contribution in [0.5, 0.6) is 5.88 Å². The van der Waals surface area contributed by atoms with Crippen molar-refractivity contribution in [1.82, 2.24) is 30.0 Å². The van der Waals surface area contributed by atoms with Gasteiger partial charge in [-0.25, -0.2) is 9.97 Å². The fourth-order valence-corrected chi connectivity index (χ4v) is 2.98. The van der Waals surface area contributed by atoms with Crippen molar-refractivity contribution in [2.45, 2.75) is 13.3 Å². The molecule has 0 amide bonds. The number of aryl methyl sites for hydroxylation is 1. The lowest BCUT2D eigenvalue weighted by Crippen LogP contribution is -2.15. The van der Waals surface area contributed by atoms with Crippen LogP contribution in [0.4, 0.5) is 0 Å². The van der Waals surface area contributed by atoms with Gasteiger partial charge in [-0.3, -0.25) is 4.98 Å². The van der Waals surface area contributed by atoms with E-state index < -0.39 is 0 Å². The maximum absolute atomic E-state index is 5.85. The highest BCUT2D eigenvalue weighted by molar-refractivity contribution is 5.63. The number of pyridine rings is 1. The van der Waals surface area contributed by atoms with Crippen molar-refractivity contribution in [3.8, 4) is 40.2 Å². The minimum atomic E-state index is 0. The summed E-state index contributed by atoms with van der Waals surface area (Å²) in [5.41, 5.74) is 3.62. The molecule has 0 N–H and O–H groups in total. The van der Waals surface area contributed by atoms with Gasteiger partial charge in [0.15, 0.2) is 0 Å². The van der Waals surface area contributed by atoms with Gasteiger partial charge in [0.2, 0.25) is 11.8 Å². The van der Waals surface area contributed by atoms with E-state index in [1.807, 2.05) is 63.5 Å². The fraction of sp³-hybridized carbons (Fsp3) is 0.261. The first-order chi connectivity index (χ1) is 15.1. The third-order valence-corrected chi connectivity index (χ3v) is 4.64. The van der Waals surface area contributed by atoms with Gasteiger partial charge in [-0.15, -0.1) is 10.2 Å². The SMILES string of the molecule is Cc1ncc(-c2ccc(OCCCN(C)C)nc2)nc1-c1nnc(-c2ccccc2)o1.[HH]. The Balaban J connectivity index is 0.00000289. The maximum Gasteiger partial charge on any atom is 0.268 e. The Morgan fingerprint density at radius 3 is 2.48 bits per heavy atom. The molecule has 0 spiro atoms. The Bertz CT molecular complexity index is 1130. The van der Waals surface area contributed by atoms with Crippen molar-refractivity contribution in [3.63, 3.8) is 0 Å². The van der Waals surface area contributed by atoms with Gasteiger partial charge in [-0.1, -0.05) is 18.2 Å². The molecule has 4 rings (SSSR count). The summed E-state index contributed by atoms with van der Waals surface area (Å²) in [6.07, 6.45) is 4.38. The van der Waals surface area contributed by atoms with Crippen LogP contribution >= 0.6 is 0 Å². The van der Waals surface area contributed by atoms with Gasteiger partial charge in [-0.2, -0.15) is 0 Å². The molecule has 4 aromatic rings. The normalized spacial score (nSPS) is 11.1. The molecular weight excluding hydrogens is 392 g/mol. The summed E-state index contributed by atoms with van der Waals surface area (Å²) in [6.45, 7) is 3.46. The lowest BCUT2D eigenvalue weighted by molar-refractivity contribution is 0.273. The zero-order valence-corrected chi connectivity index (χ0v) is 17.8. The van der Waals surface area contributed by atoms with Crippen molar-refractivity contribution in [2.75, 3.05) is 27.2 Å². The molecule has 1 aromatic carbocycles. The van der Waals surface area contributed by atoms with Crippen molar-refractivity contribution < 1.29 is 10.6 Å². The third-order valence-electron chi connectivity index (χ3n) is 4.64. The molecule has 31 heavy (non-hydrogen) atoms. The molecule has 0 aliphatic carbocycles. The minimum absolute atomic E-state index is 0. The van der Waals surface area contributed by atoms with Gasteiger partial charge < -0.3 is 14.1 Å². The van der Waals surface area contributed by atoms with Crippen LogP contribution in [0.15, 0.2) is 59.3 Å². The average Bonchev–Trinajstić information content (AvgIpc) is 3.28. The highest BCUT2D eigenvalue weighted by Gasteiger charge is 2.16. The zero-order chi connectivity index (χ0) is 21.6. The highest BCUT2D eigenvalue weighted by Crippen LogP contribution is 2.26. The first-order valence-corrected chi connectivity index (χ1v) is 10.1. The lowest BCUT2D eigenvalue weighted by atomic mass is 10.2. The summed E-state index contributed by atoms with van der Waals surface area (Å²) < 4.78 is 11.6. The largest absolute Gasteiger partial charge is 0.478 e. The van der Waals surface area contributed by atoms with Crippen LogP contribution in [0.25, 0.3) is 34.3 Å². The van der Waals surface area contributed by atoms with Crippen molar-refractivity contribution >= 4 is 0 Å². The Morgan fingerprint density at radius 1 is 0.935 bits per heavy atom. The number of benzene rings is 1. The van der Waals surface area contributed by atoms with E-state index in [1.165, 1.54) is 0 Å². The van der Waals surface area contributed by atoms with Crippen molar-refractivity contribution in [1.29, 1.82) is 0 Å². The highest BCUT2D eigenvalue weighted by atomic mass is 16.5.